The third-order valence-corrected chi connectivity index (χ3v) is 7.03. The number of fused-ring (bicyclic) bond motifs is 2. The summed E-state index contributed by atoms with van der Waals surface area (Å²) in [6, 6.07) is 9.84. The number of nitrogens with zero attached hydrogens (tertiary/aromatic N) is 6. The summed E-state index contributed by atoms with van der Waals surface area (Å²) in [5.41, 5.74) is 3.78. The van der Waals surface area contributed by atoms with Crippen molar-refractivity contribution in [3.63, 3.8) is 0 Å². The van der Waals surface area contributed by atoms with E-state index in [1.54, 1.807) is 18.7 Å². The number of piperidine rings is 1. The molecule has 0 bridgehead atoms. The van der Waals surface area contributed by atoms with E-state index in [1.807, 2.05) is 36.5 Å². The molecule has 6 rings (SSSR count). The van der Waals surface area contributed by atoms with Crippen molar-refractivity contribution >= 4 is 40.1 Å². The van der Waals surface area contributed by atoms with Crippen LogP contribution in [0.15, 0.2) is 71.8 Å². The number of carboxylic acids is 2. The van der Waals surface area contributed by atoms with Crippen molar-refractivity contribution in [2.45, 2.75) is 25.8 Å². The molecule has 1 aliphatic heterocycles. The minimum Gasteiger partial charge on any atom is -0.478 e. The van der Waals surface area contributed by atoms with E-state index in [2.05, 4.69) is 34.7 Å². The maximum atomic E-state index is 9.55. The summed E-state index contributed by atoms with van der Waals surface area (Å²) in [6.07, 6.45) is 11.6. The quantitative estimate of drug-likeness (QED) is 0.180. The summed E-state index contributed by atoms with van der Waals surface area (Å²) in [4.78, 5) is 43.1. The highest BCUT2D eigenvalue weighted by molar-refractivity contribution is 5.89. The molecule has 0 spiro atoms. The molecule has 0 radical (unpaired) electrons. The number of carboxylic acid groups (broad SMARTS) is 2. The van der Waals surface area contributed by atoms with Crippen LogP contribution in [-0.2, 0) is 22.6 Å². The van der Waals surface area contributed by atoms with Gasteiger partial charge in [0.05, 0.1) is 30.0 Å². The van der Waals surface area contributed by atoms with Crippen molar-refractivity contribution in [2.24, 2.45) is 5.92 Å². The van der Waals surface area contributed by atoms with E-state index in [1.165, 1.54) is 12.8 Å². The minimum atomic E-state index is -1.26. The summed E-state index contributed by atoms with van der Waals surface area (Å²) in [6.45, 7) is 4.74. The second-order valence-electron chi connectivity index (χ2n) is 9.94. The number of carbonyl (C=O) groups is 2. The lowest BCUT2D eigenvalue weighted by atomic mass is 9.93. The van der Waals surface area contributed by atoms with Crippen LogP contribution in [0.3, 0.4) is 0 Å². The first kappa shape index (κ1) is 28.5. The average Bonchev–Trinajstić information content (AvgIpc) is 3.73. The van der Waals surface area contributed by atoms with Crippen LogP contribution in [0.1, 0.15) is 24.4 Å². The highest BCUT2D eigenvalue weighted by Gasteiger charge is 2.22. The molecule has 1 fully saturated rings. The van der Waals surface area contributed by atoms with Gasteiger partial charge < -0.3 is 34.4 Å². The largest absolute Gasteiger partial charge is 0.478 e. The van der Waals surface area contributed by atoms with Gasteiger partial charge in [0.2, 0.25) is 5.95 Å². The van der Waals surface area contributed by atoms with Gasteiger partial charge in [-0.05, 0) is 62.2 Å². The number of aromatic amines is 1. The number of furan rings is 1. The van der Waals surface area contributed by atoms with Crippen molar-refractivity contribution in [1.29, 1.82) is 0 Å². The number of anilines is 1. The normalized spacial score (nSPS) is 14.3. The topological polar surface area (TPSA) is 175 Å². The third-order valence-electron chi connectivity index (χ3n) is 7.03. The number of pyridine rings is 2. The van der Waals surface area contributed by atoms with Crippen molar-refractivity contribution in [3.05, 3.63) is 78.9 Å². The van der Waals surface area contributed by atoms with Crippen LogP contribution in [0.25, 0.3) is 22.2 Å². The van der Waals surface area contributed by atoms with E-state index in [-0.39, 0.29) is 0 Å². The summed E-state index contributed by atoms with van der Waals surface area (Å²) in [7, 11) is 0. The fourth-order valence-corrected chi connectivity index (χ4v) is 4.97. The molecule has 1 aliphatic rings. The molecule has 5 aromatic heterocycles. The molecule has 0 saturated carbocycles. The molecule has 0 aromatic carbocycles. The Balaban J connectivity index is 0.000000390. The average molecular weight is 573 g/mol. The zero-order valence-electron chi connectivity index (χ0n) is 22.9. The van der Waals surface area contributed by atoms with Crippen LogP contribution in [0.2, 0.25) is 0 Å². The van der Waals surface area contributed by atoms with Gasteiger partial charge in [0.15, 0.2) is 5.65 Å². The number of imidazole rings is 2. The first-order valence-corrected chi connectivity index (χ1v) is 13.7. The fraction of sp³-hybridized carbons (Fsp3) is 0.310. The zero-order valence-corrected chi connectivity index (χ0v) is 22.9. The van der Waals surface area contributed by atoms with Crippen LogP contribution < -0.4 is 5.32 Å². The standard InChI is InChI=1S/C25H28N8O.C4H4O4/c1-4-21-24(27-8-1)33(17-19-3-2-14-34-19)23(29-21)15-18-6-11-32(12-7-18)13-10-28-25-30-20-5-9-26-16-22(20)31-25;5-3(6)1-2-4(7)8/h1-5,8-9,14,16,18H,6-7,10-13,15,17H2,(H2,28,30,31);1-2H,(H,5,6)(H,7,8)/b;2-1+. The number of H-pyrrole nitrogens is 1. The molecule has 5 aromatic rings. The monoisotopic (exact) mass is 572 g/mol. The van der Waals surface area contributed by atoms with E-state index in [0.717, 1.165) is 72.3 Å². The zero-order chi connectivity index (χ0) is 29.3. The van der Waals surface area contributed by atoms with Gasteiger partial charge in [-0.3, -0.25) is 4.98 Å². The van der Waals surface area contributed by atoms with Gasteiger partial charge in [-0.1, -0.05) is 0 Å². The molecular weight excluding hydrogens is 540 g/mol. The predicted molar refractivity (Wildman–Crippen MR) is 155 cm³/mol. The van der Waals surface area contributed by atoms with Gasteiger partial charge >= 0.3 is 11.9 Å². The molecule has 42 heavy (non-hydrogen) atoms. The second-order valence-corrected chi connectivity index (χ2v) is 9.94. The number of aliphatic carboxylic acids is 2. The molecule has 218 valence electrons. The highest BCUT2D eigenvalue weighted by Crippen LogP contribution is 2.24. The Kier molecular flexibility index (Phi) is 9.19. The first-order chi connectivity index (χ1) is 20.4. The molecule has 13 heteroatoms. The number of likely N-dealkylation sites (tertiary alicyclic amines) is 1. The van der Waals surface area contributed by atoms with Gasteiger partial charge in [-0.15, -0.1) is 0 Å². The third kappa shape index (κ3) is 7.57. The van der Waals surface area contributed by atoms with Gasteiger partial charge in [-0.2, -0.15) is 0 Å². The molecule has 6 heterocycles. The fourth-order valence-electron chi connectivity index (χ4n) is 4.97. The molecule has 0 atom stereocenters. The molecule has 0 aliphatic carbocycles. The molecule has 0 unspecified atom stereocenters. The van der Waals surface area contributed by atoms with Gasteiger partial charge in [0, 0.05) is 44.1 Å². The van der Waals surface area contributed by atoms with Crippen LogP contribution in [0.4, 0.5) is 5.95 Å². The first-order valence-electron chi connectivity index (χ1n) is 13.7. The Hall–Kier alpha value is -5.04. The van der Waals surface area contributed by atoms with Gasteiger partial charge in [-0.25, -0.2) is 24.5 Å². The Morgan fingerprint density at radius 3 is 2.57 bits per heavy atom. The number of aromatic nitrogens is 6. The van der Waals surface area contributed by atoms with E-state index in [0.29, 0.717) is 24.6 Å². The summed E-state index contributed by atoms with van der Waals surface area (Å²) >= 11 is 0. The summed E-state index contributed by atoms with van der Waals surface area (Å²) < 4.78 is 7.82. The van der Waals surface area contributed by atoms with Crippen LogP contribution in [-0.4, -0.2) is 82.7 Å². The maximum absolute atomic E-state index is 9.55. The Labute approximate surface area is 240 Å². The smallest absolute Gasteiger partial charge is 0.328 e. The number of rotatable bonds is 10. The van der Waals surface area contributed by atoms with E-state index < -0.39 is 11.9 Å². The molecule has 1 saturated heterocycles. The lowest BCUT2D eigenvalue weighted by Crippen LogP contribution is -2.37. The van der Waals surface area contributed by atoms with Gasteiger partial charge in [0.1, 0.15) is 17.1 Å². The molecule has 13 nitrogen and oxygen atoms in total. The lowest BCUT2D eigenvalue weighted by Gasteiger charge is -2.31. The Morgan fingerprint density at radius 2 is 1.86 bits per heavy atom. The SMILES string of the molecule is O=C(O)/C=C/C(=O)O.c1coc(Cn2c(CC3CCN(CCNc4nc5ccncc5[nH]4)CC3)nc3cccnc32)c1. The van der Waals surface area contributed by atoms with Crippen LogP contribution in [0.5, 0.6) is 0 Å². The molecular formula is C29H32N8O5. The number of nitrogens with one attached hydrogen (secondary N) is 2. The van der Waals surface area contributed by atoms with Crippen LogP contribution in [0, 0.1) is 5.92 Å². The minimum absolute atomic E-state index is 0.558. The Bertz CT molecular complexity index is 1600. The molecule has 4 N–H and O–H groups in total. The second kappa shape index (κ2) is 13.5. The van der Waals surface area contributed by atoms with E-state index >= 15 is 0 Å². The van der Waals surface area contributed by atoms with Crippen molar-refractivity contribution in [2.75, 3.05) is 31.5 Å². The van der Waals surface area contributed by atoms with Crippen LogP contribution >= 0.6 is 0 Å². The van der Waals surface area contributed by atoms with Crippen molar-refractivity contribution in [3.8, 4) is 0 Å². The molecule has 0 amide bonds. The summed E-state index contributed by atoms with van der Waals surface area (Å²) in [5, 5.41) is 19.0. The van der Waals surface area contributed by atoms with E-state index in [9.17, 15) is 9.59 Å². The van der Waals surface area contributed by atoms with E-state index in [4.69, 9.17) is 19.6 Å². The summed E-state index contributed by atoms with van der Waals surface area (Å²) in [5.74, 6) is 0.944. The van der Waals surface area contributed by atoms with Crippen molar-refractivity contribution < 1.29 is 24.2 Å². The number of hydrogen-bond donors (Lipinski definition) is 4. The predicted octanol–water partition coefficient (Wildman–Crippen LogP) is 3.42. The highest BCUT2D eigenvalue weighted by atomic mass is 16.4. The number of hydrogen-bond acceptors (Lipinski definition) is 9. The Morgan fingerprint density at radius 1 is 1.05 bits per heavy atom. The maximum Gasteiger partial charge on any atom is 0.328 e. The lowest BCUT2D eigenvalue weighted by molar-refractivity contribution is -0.134. The van der Waals surface area contributed by atoms with Gasteiger partial charge in [0.25, 0.3) is 0 Å². The van der Waals surface area contributed by atoms with Crippen molar-refractivity contribution in [1.82, 2.24) is 34.4 Å².